The van der Waals surface area contributed by atoms with Gasteiger partial charge in [0.2, 0.25) is 0 Å². The van der Waals surface area contributed by atoms with Crippen LogP contribution in [0, 0.1) is 29.1 Å². The summed E-state index contributed by atoms with van der Waals surface area (Å²) in [5, 5.41) is 0. The summed E-state index contributed by atoms with van der Waals surface area (Å²) in [6, 6.07) is 0. The van der Waals surface area contributed by atoms with Crippen LogP contribution in [0.2, 0.25) is 0 Å². The highest BCUT2D eigenvalue weighted by Gasteiger charge is 2.67. The van der Waals surface area contributed by atoms with E-state index >= 15 is 0 Å². The van der Waals surface area contributed by atoms with E-state index in [0.717, 1.165) is 23.2 Å². The van der Waals surface area contributed by atoms with Gasteiger partial charge in [0.25, 0.3) is 0 Å². The Kier molecular flexibility index (Phi) is 0.735. The number of hydrogen-bond donors (Lipinski definition) is 0. The van der Waals surface area contributed by atoms with Crippen LogP contribution in [0.25, 0.3) is 0 Å². The van der Waals surface area contributed by atoms with Gasteiger partial charge < -0.3 is 0 Å². The van der Waals surface area contributed by atoms with E-state index in [1.54, 1.807) is 19.3 Å². The maximum Gasteiger partial charge on any atom is -0.0264 e. The molecular formula is C10H16. The molecule has 5 atom stereocenters. The fraction of sp³-hybridized carbons (Fsp3) is 1.00. The molecule has 4 bridgehead atoms. The molecule has 4 aliphatic carbocycles. The molecule has 0 spiro atoms. The largest absolute Gasteiger partial charge is 0.0617 e. The molecule has 0 heterocycles. The molecule has 0 heteroatoms. The van der Waals surface area contributed by atoms with Gasteiger partial charge in [0, 0.05) is 0 Å². The topological polar surface area (TPSA) is 0 Å². The summed E-state index contributed by atoms with van der Waals surface area (Å²) in [5.74, 6) is 4.55. The minimum Gasteiger partial charge on any atom is -0.0617 e. The van der Waals surface area contributed by atoms with Gasteiger partial charge in [-0.1, -0.05) is 13.8 Å². The van der Waals surface area contributed by atoms with E-state index in [4.69, 9.17) is 0 Å². The minimum atomic E-state index is 0.813. The Bertz CT molecular complexity index is 174. The van der Waals surface area contributed by atoms with E-state index in [1.807, 2.05) is 0 Å². The lowest BCUT2D eigenvalue weighted by Gasteiger charge is -2.46. The first-order valence-electron chi connectivity index (χ1n) is 4.73. The van der Waals surface area contributed by atoms with Gasteiger partial charge in [-0.2, -0.15) is 0 Å². The van der Waals surface area contributed by atoms with Crippen molar-refractivity contribution in [3.63, 3.8) is 0 Å². The summed E-state index contributed by atoms with van der Waals surface area (Å²) >= 11 is 0. The van der Waals surface area contributed by atoms with Crippen molar-refractivity contribution in [2.24, 2.45) is 29.1 Å². The first kappa shape index (κ1) is 5.62. The molecule has 0 radical (unpaired) electrons. The second kappa shape index (κ2) is 1.31. The highest BCUT2D eigenvalue weighted by atomic mass is 14.7. The number of hydrogen-bond acceptors (Lipinski definition) is 0. The molecule has 0 amide bonds. The molecule has 0 N–H and O–H groups in total. The van der Waals surface area contributed by atoms with Gasteiger partial charge in [0.1, 0.15) is 0 Å². The smallest absolute Gasteiger partial charge is 0.0264 e. The number of rotatable bonds is 0. The first-order valence-corrected chi connectivity index (χ1v) is 4.73. The van der Waals surface area contributed by atoms with Crippen LogP contribution in [0.3, 0.4) is 0 Å². The normalized spacial score (nSPS) is 70.2. The van der Waals surface area contributed by atoms with Gasteiger partial charge in [-0.05, 0) is 48.3 Å². The van der Waals surface area contributed by atoms with Crippen LogP contribution in [0.15, 0.2) is 0 Å². The third-order valence-corrected chi connectivity index (χ3v) is 5.08. The van der Waals surface area contributed by atoms with Gasteiger partial charge in [-0.15, -0.1) is 0 Å². The summed E-state index contributed by atoms with van der Waals surface area (Å²) in [6.45, 7) is 5.02. The Morgan fingerprint density at radius 2 is 2.00 bits per heavy atom. The van der Waals surface area contributed by atoms with Crippen molar-refractivity contribution in [3.05, 3.63) is 0 Å². The third-order valence-electron chi connectivity index (χ3n) is 5.08. The molecule has 0 aromatic rings. The van der Waals surface area contributed by atoms with E-state index in [9.17, 15) is 0 Å². The van der Waals surface area contributed by atoms with Crippen molar-refractivity contribution in [2.75, 3.05) is 0 Å². The molecule has 5 unspecified atom stereocenters. The van der Waals surface area contributed by atoms with Crippen molar-refractivity contribution in [1.82, 2.24) is 0 Å². The molecule has 0 saturated heterocycles. The van der Waals surface area contributed by atoms with Crippen LogP contribution in [0.1, 0.15) is 33.1 Å². The molecule has 0 nitrogen and oxygen atoms in total. The molecule has 0 aliphatic heterocycles. The molecule has 4 saturated carbocycles. The average molecular weight is 136 g/mol. The monoisotopic (exact) mass is 136 g/mol. The van der Waals surface area contributed by atoms with Crippen molar-refractivity contribution < 1.29 is 0 Å². The molecule has 4 rings (SSSR count). The Morgan fingerprint density at radius 3 is 2.40 bits per heavy atom. The maximum absolute atomic E-state index is 2.53. The van der Waals surface area contributed by atoms with Crippen molar-refractivity contribution in [3.8, 4) is 0 Å². The zero-order chi connectivity index (χ0) is 6.93. The summed E-state index contributed by atoms with van der Waals surface area (Å²) < 4.78 is 0. The fourth-order valence-electron chi connectivity index (χ4n) is 4.34. The molecular weight excluding hydrogens is 120 g/mol. The summed E-state index contributed by atoms with van der Waals surface area (Å²) in [5.41, 5.74) is 0.813. The van der Waals surface area contributed by atoms with E-state index in [1.165, 1.54) is 5.92 Å². The van der Waals surface area contributed by atoms with Gasteiger partial charge in [0.05, 0.1) is 0 Å². The SMILES string of the molecule is CC1C2CCC3C2CC13C. The first-order chi connectivity index (χ1) is 4.73. The third kappa shape index (κ3) is 0.339. The van der Waals surface area contributed by atoms with Crippen LogP contribution >= 0.6 is 0 Å². The van der Waals surface area contributed by atoms with Gasteiger partial charge >= 0.3 is 0 Å². The van der Waals surface area contributed by atoms with Crippen LogP contribution in [-0.2, 0) is 0 Å². The predicted octanol–water partition coefficient (Wildman–Crippen LogP) is 2.69. The fourth-order valence-corrected chi connectivity index (χ4v) is 4.34. The lowest BCUT2D eigenvalue weighted by atomic mass is 9.59. The summed E-state index contributed by atoms with van der Waals surface area (Å²) in [6.07, 6.45) is 4.70. The second-order valence-corrected chi connectivity index (χ2v) is 5.01. The lowest BCUT2D eigenvalue weighted by Crippen LogP contribution is -2.39. The zero-order valence-electron chi connectivity index (χ0n) is 6.93. The van der Waals surface area contributed by atoms with Gasteiger partial charge in [-0.25, -0.2) is 0 Å². The highest BCUT2D eigenvalue weighted by Crippen LogP contribution is 2.74. The van der Waals surface area contributed by atoms with Gasteiger partial charge in [-0.3, -0.25) is 0 Å². The Labute approximate surface area is 63.0 Å². The van der Waals surface area contributed by atoms with Crippen LogP contribution in [-0.4, -0.2) is 0 Å². The van der Waals surface area contributed by atoms with E-state index in [2.05, 4.69) is 13.8 Å². The molecule has 4 fully saturated rings. The molecule has 4 aliphatic rings. The van der Waals surface area contributed by atoms with Gasteiger partial charge in [0.15, 0.2) is 0 Å². The second-order valence-electron chi connectivity index (χ2n) is 5.01. The Hall–Kier alpha value is 0. The minimum absolute atomic E-state index is 0.813. The maximum atomic E-state index is 2.53. The molecule has 0 aromatic carbocycles. The quantitative estimate of drug-likeness (QED) is 0.480. The molecule has 56 valence electrons. The van der Waals surface area contributed by atoms with Crippen molar-refractivity contribution >= 4 is 0 Å². The Balaban J connectivity index is 2.07. The summed E-state index contributed by atoms with van der Waals surface area (Å²) in [4.78, 5) is 0. The van der Waals surface area contributed by atoms with Crippen molar-refractivity contribution in [1.29, 1.82) is 0 Å². The van der Waals surface area contributed by atoms with Crippen LogP contribution in [0.4, 0.5) is 0 Å². The molecule has 0 aromatic heterocycles. The lowest BCUT2D eigenvalue weighted by molar-refractivity contribution is 0.0288. The van der Waals surface area contributed by atoms with Crippen LogP contribution < -0.4 is 0 Å². The van der Waals surface area contributed by atoms with E-state index in [0.29, 0.717) is 0 Å². The van der Waals surface area contributed by atoms with E-state index < -0.39 is 0 Å². The molecule has 10 heavy (non-hydrogen) atoms. The summed E-state index contributed by atoms with van der Waals surface area (Å²) in [7, 11) is 0. The average Bonchev–Trinajstić information content (AvgIpc) is 2.37. The predicted molar refractivity (Wildman–Crippen MR) is 41.6 cm³/mol. The Morgan fingerprint density at radius 1 is 1.20 bits per heavy atom. The van der Waals surface area contributed by atoms with Crippen molar-refractivity contribution in [2.45, 2.75) is 33.1 Å². The zero-order valence-corrected chi connectivity index (χ0v) is 6.93. The van der Waals surface area contributed by atoms with E-state index in [-0.39, 0.29) is 0 Å². The van der Waals surface area contributed by atoms with Crippen LogP contribution in [0.5, 0.6) is 0 Å². The highest BCUT2D eigenvalue weighted by molar-refractivity contribution is 5.16. The standard InChI is InChI=1S/C10H16/c1-6-7-3-4-9-8(7)5-10(6,9)2/h6-9H,3-5H2,1-2H3.